The summed E-state index contributed by atoms with van der Waals surface area (Å²) in [4.78, 5) is 12.1. The molecule has 0 fully saturated rings. The van der Waals surface area contributed by atoms with Gasteiger partial charge in [0.2, 0.25) is 0 Å². The molecule has 0 bridgehead atoms. The second-order valence-corrected chi connectivity index (χ2v) is 5.54. The van der Waals surface area contributed by atoms with Crippen LogP contribution in [0.4, 0.5) is 0 Å². The first-order valence-electron chi connectivity index (χ1n) is 7.08. The maximum Gasteiger partial charge on any atom is 0.251 e. The van der Waals surface area contributed by atoms with Crippen LogP contribution in [0.3, 0.4) is 0 Å². The predicted molar refractivity (Wildman–Crippen MR) is 91.8 cm³/mol. The molecule has 0 aliphatic carbocycles. The lowest BCUT2D eigenvalue weighted by atomic mass is 10.1. The van der Waals surface area contributed by atoms with Crippen LogP contribution < -0.4 is 14.8 Å². The van der Waals surface area contributed by atoms with Crippen molar-refractivity contribution < 1.29 is 14.3 Å². The third-order valence-electron chi connectivity index (χ3n) is 3.16. The van der Waals surface area contributed by atoms with Crippen molar-refractivity contribution in [3.63, 3.8) is 0 Å². The largest absolute Gasteiger partial charge is 0.493 e. The number of rotatable bonds is 6. The van der Waals surface area contributed by atoms with Gasteiger partial charge >= 0.3 is 0 Å². The van der Waals surface area contributed by atoms with Gasteiger partial charge in [-0.2, -0.15) is 0 Å². The van der Waals surface area contributed by atoms with Gasteiger partial charge in [-0.25, -0.2) is 0 Å². The fourth-order valence-corrected chi connectivity index (χ4v) is 2.32. The number of benzene rings is 2. The van der Waals surface area contributed by atoms with E-state index in [-0.39, 0.29) is 5.91 Å². The van der Waals surface area contributed by atoms with E-state index in [1.807, 2.05) is 25.1 Å². The van der Waals surface area contributed by atoms with Crippen molar-refractivity contribution in [2.24, 2.45) is 0 Å². The average Bonchev–Trinajstić information content (AvgIpc) is 2.55. The van der Waals surface area contributed by atoms with Crippen LogP contribution in [-0.4, -0.2) is 19.6 Å². The van der Waals surface area contributed by atoms with Crippen LogP contribution in [0.5, 0.6) is 11.5 Å². The van der Waals surface area contributed by atoms with Crippen molar-refractivity contribution in [3.8, 4) is 11.5 Å². The molecule has 0 spiro atoms. The molecule has 0 aliphatic heterocycles. The second-order valence-electron chi connectivity index (χ2n) is 4.73. The molecular formula is C17H17Cl2NO3. The zero-order valence-electron chi connectivity index (χ0n) is 12.9. The number of methoxy groups -OCH3 is 1. The van der Waals surface area contributed by atoms with E-state index in [1.165, 1.54) is 0 Å². The SMILES string of the molecule is CCOc1cc(CNC(=O)c2ccc(Cl)c(Cl)c2)ccc1OC. The summed E-state index contributed by atoms with van der Waals surface area (Å²) in [7, 11) is 1.59. The Labute approximate surface area is 145 Å². The van der Waals surface area contributed by atoms with Crippen LogP contribution in [0.15, 0.2) is 36.4 Å². The number of ether oxygens (including phenoxy) is 2. The lowest BCUT2D eigenvalue weighted by molar-refractivity contribution is 0.0951. The summed E-state index contributed by atoms with van der Waals surface area (Å²) in [6.45, 7) is 2.80. The first kappa shape index (κ1) is 17.4. The van der Waals surface area contributed by atoms with E-state index >= 15 is 0 Å². The molecule has 0 radical (unpaired) electrons. The summed E-state index contributed by atoms with van der Waals surface area (Å²) in [5.74, 6) is 1.08. The van der Waals surface area contributed by atoms with E-state index < -0.39 is 0 Å². The Morgan fingerprint density at radius 2 is 1.87 bits per heavy atom. The van der Waals surface area contributed by atoms with Gasteiger partial charge in [0.25, 0.3) is 5.91 Å². The van der Waals surface area contributed by atoms with E-state index in [1.54, 1.807) is 25.3 Å². The number of hydrogen-bond acceptors (Lipinski definition) is 3. The standard InChI is InChI=1S/C17H17Cl2NO3/c1-3-23-16-8-11(4-7-15(16)22-2)10-20-17(21)12-5-6-13(18)14(19)9-12/h4-9H,3,10H2,1-2H3,(H,20,21). The molecule has 6 heteroatoms. The molecule has 2 rings (SSSR count). The van der Waals surface area contributed by atoms with Gasteiger partial charge in [-0.3, -0.25) is 4.79 Å². The molecule has 122 valence electrons. The maximum absolute atomic E-state index is 12.1. The zero-order chi connectivity index (χ0) is 16.8. The predicted octanol–water partition coefficient (Wildman–Crippen LogP) is 4.33. The Morgan fingerprint density at radius 3 is 2.52 bits per heavy atom. The Bertz CT molecular complexity index is 704. The van der Waals surface area contributed by atoms with Gasteiger partial charge in [0.1, 0.15) is 0 Å². The molecule has 1 amide bonds. The molecule has 0 saturated heterocycles. The Hall–Kier alpha value is -1.91. The Morgan fingerprint density at radius 1 is 1.09 bits per heavy atom. The lowest BCUT2D eigenvalue weighted by Crippen LogP contribution is -2.22. The normalized spacial score (nSPS) is 10.3. The third-order valence-corrected chi connectivity index (χ3v) is 3.90. The van der Waals surface area contributed by atoms with Crippen molar-refractivity contribution in [3.05, 3.63) is 57.6 Å². The van der Waals surface area contributed by atoms with Crippen molar-refractivity contribution in [1.29, 1.82) is 0 Å². The highest BCUT2D eigenvalue weighted by Gasteiger charge is 2.09. The molecule has 0 aliphatic rings. The van der Waals surface area contributed by atoms with E-state index in [0.29, 0.717) is 40.3 Å². The monoisotopic (exact) mass is 353 g/mol. The van der Waals surface area contributed by atoms with Gasteiger partial charge in [0, 0.05) is 12.1 Å². The summed E-state index contributed by atoms with van der Waals surface area (Å²) < 4.78 is 10.8. The smallest absolute Gasteiger partial charge is 0.251 e. The van der Waals surface area contributed by atoms with Crippen LogP contribution in [0.1, 0.15) is 22.8 Å². The van der Waals surface area contributed by atoms with E-state index in [2.05, 4.69) is 5.32 Å². The highest BCUT2D eigenvalue weighted by molar-refractivity contribution is 6.42. The molecule has 0 saturated carbocycles. The molecule has 0 heterocycles. The minimum Gasteiger partial charge on any atom is -0.493 e. The summed E-state index contributed by atoms with van der Waals surface area (Å²) in [5.41, 5.74) is 1.36. The van der Waals surface area contributed by atoms with Gasteiger partial charge in [-0.1, -0.05) is 29.3 Å². The Balaban J connectivity index is 2.06. The molecule has 2 aromatic carbocycles. The quantitative estimate of drug-likeness (QED) is 0.840. The molecule has 0 atom stereocenters. The molecule has 2 aromatic rings. The molecule has 4 nitrogen and oxygen atoms in total. The average molecular weight is 354 g/mol. The highest BCUT2D eigenvalue weighted by atomic mass is 35.5. The summed E-state index contributed by atoms with van der Waals surface area (Å²) >= 11 is 11.8. The van der Waals surface area contributed by atoms with Crippen LogP contribution >= 0.6 is 23.2 Å². The van der Waals surface area contributed by atoms with Crippen molar-refractivity contribution >= 4 is 29.1 Å². The minimum absolute atomic E-state index is 0.225. The van der Waals surface area contributed by atoms with Crippen molar-refractivity contribution in [2.45, 2.75) is 13.5 Å². The summed E-state index contributed by atoms with van der Waals surface area (Å²) in [6, 6.07) is 10.3. The molecule has 0 unspecified atom stereocenters. The van der Waals surface area contributed by atoms with Crippen LogP contribution in [0.25, 0.3) is 0 Å². The first-order chi connectivity index (χ1) is 11.0. The summed E-state index contributed by atoms with van der Waals surface area (Å²) in [6.07, 6.45) is 0. The fraction of sp³-hybridized carbons (Fsp3) is 0.235. The van der Waals surface area contributed by atoms with Gasteiger partial charge < -0.3 is 14.8 Å². The first-order valence-corrected chi connectivity index (χ1v) is 7.83. The molecule has 23 heavy (non-hydrogen) atoms. The van der Waals surface area contributed by atoms with Gasteiger partial charge in [0.15, 0.2) is 11.5 Å². The van der Waals surface area contributed by atoms with Crippen LogP contribution in [-0.2, 0) is 6.54 Å². The number of carbonyl (C=O) groups is 1. The van der Waals surface area contributed by atoms with Crippen LogP contribution in [0, 0.1) is 0 Å². The molecule has 1 N–H and O–H groups in total. The Kier molecular flexibility index (Phi) is 6.13. The number of hydrogen-bond donors (Lipinski definition) is 1. The number of amides is 1. The number of halogens is 2. The molecular weight excluding hydrogens is 337 g/mol. The highest BCUT2D eigenvalue weighted by Crippen LogP contribution is 2.28. The van der Waals surface area contributed by atoms with Crippen LogP contribution in [0.2, 0.25) is 10.0 Å². The summed E-state index contributed by atoms with van der Waals surface area (Å²) in [5, 5.41) is 3.60. The van der Waals surface area contributed by atoms with Gasteiger partial charge in [-0.05, 0) is 42.8 Å². The van der Waals surface area contributed by atoms with Gasteiger partial charge in [-0.15, -0.1) is 0 Å². The minimum atomic E-state index is -0.225. The van der Waals surface area contributed by atoms with E-state index in [9.17, 15) is 4.79 Å². The zero-order valence-corrected chi connectivity index (χ0v) is 14.4. The molecule has 0 aromatic heterocycles. The lowest BCUT2D eigenvalue weighted by Gasteiger charge is -2.12. The second kappa shape index (κ2) is 8.09. The van der Waals surface area contributed by atoms with E-state index in [4.69, 9.17) is 32.7 Å². The number of carbonyl (C=O) groups excluding carboxylic acids is 1. The topological polar surface area (TPSA) is 47.6 Å². The van der Waals surface area contributed by atoms with E-state index in [0.717, 1.165) is 5.56 Å². The maximum atomic E-state index is 12.1. The van der Waals surface area contributed by atoms with Crippen molar-refractivity contribution in [2.75, 3.05) is 13.7 Å². The fourth-order valence-electron chi connectivity index (χ4n) is 2.02. The van der Waals surface area contributed by atoms with Gasteiger partial charge in [0.05, 0.1) is 23.8 Å². The van der Waals surface area contributed by atoms with Crippen molar-refractivity contribution in [1.82, 2.24) is 5.32 Å². The third kappa shape index (κ3) is 4.53. The number of nitrogens with one attached hydrogen (secondary N) is 1.